The Hall–Kier alpha value is -2.60. The number of likely N-dealkylation sites (N-methyl/N-ethyl adjacent to an activating group) is 1. The van der Waals surface area contributed by atoms with Crippen molar-refractivity contribution in [3.8, 4) is 11.5 Å². The van der Waals surface area contributed by atoms with Gasteiger partial charge in [-0.2, -0.15) is 0 Å². The highest BCUT2D eigenvalue weighted by Crippen LogP contribution is 2.19. The molecule has 0 aliphatic carbocycles. The Morgan fingerprint density at radius 1 is 1.15 bits per heavy atom. The molecule has 2 aromatic carbocycles. The third kappa shape index (κ3) is 4.95. The van der Waals surface area contributed by atoms with E-state index in [4.69, 9.17) is 9.47 Å². The number of nitrogens with zero attached hydrogens (tertiary/aromatic N) is 1. The van der Waals surface area contributed by atoms with Gasteiger partial charge in [0.25, 0.3) is 0 Å². The fourth-order valence-corrected chi connectivity index (χ4v) is 2.61. The molecule has 0 bridgehead atoms. The summed E-state index contributed by atoms with van der Waals surface area (Å²) in [6.45, 7) is 2.65. The molecule has 0 saturated carbocycles. The zero-order valence-electron chi connectivity index (χ0n) is 15.6. The van der Waals surface area contributed by atoms with Crippen molar-refractivity contribution in [3.05, 3.63) is 59.4 Å². The topological polar surface area (TPSA) is 50.8 Å². The molecule has 0 aromatic heterocycles. The van der Waals surface area contributed by atoms with Gasteiger partial charge in [-0.1, -0.05) is 24.3 Å². The van der Waals surface area contributed by atoms with Crippen LogP contribution in [0.1, 0.15) is 18.1 Å². The summed E-state index contributed by atoms with van der Waals surface area (Å²) in [6.07, 6.45) is 0. The first-order valence-corrected chi connectivity index (χ1v) is 8.38. The number of carbonyl (C=O) groups excluding carboxylic acids is 1. The minimum atomic E-state index is -0.410. The molecule has 2 rings (SSSR count). The van der Waals surface area contributed by atoms with Gasteiger partial charge in [-0.15, -0.1) is 0 Å². The van der Waals surface area contributed by atoms with E-state index in [1.807, 2.05) is 43.1 Å². The summed E-state index contributed by atoms with van der Waals surface area (Å²) < 4.78 is 24.0. The van der Waals surface area contributed by atoms with Crippen LogP contribution >= 0.6 is 0 Å². The van der Waals surface area contributed by atoms with Gasteiger partial charge in [-0.3, -0.25) is 9.69 Å². The van der Waals surface area contributed by atoms with Gasteiger partial charge < -0.3 is 14.8 Å². The molecule has 0 fully saturated rings. The number of methoxy groups -OCH3 is 2. The second kappa shape index (κ2) is 9.20. The van der Waals surface area contributed by atoms with Crippen molar-refractivity contribution in [3.63, 3.8) is 0 Å². The summed E-state index contributed by atoms with van der Waals surface area (Å²) in [6, 6.07) is 12.0. The minimum Gasteiger partial charge on any atom is -0.496 e. The monoisotopic (exact) mass is 360 g/mol. The van der Waals surface area contributed by atoms with Crippen molar-refractivity contribution in [1.82, 2.24) is 10.2 Å². The highest BCUT2D eigenvalue weighted by atomic mass is 19.1. The third-order valence-electron chi connectivity index (χ3n) is 4.33. The van der Waals surface area contributed by atoms with Crippen molar-refractivity contribution >= 4 is 5.91 Å². The Balaban J connectivity index is 1.93. The van der Waals surface area contributed by atoms with E-state index in [0.717, 1.165) is 16.9 Å². The first-order chi connectivity index (χ1) is 12.5. The maximum Gasteiger partial charge on any atom is 0.237 e. The lowest BCUT2D eigenvalue weighted by Crippen LogP contribution is -2.42. The molecule has 0 spiro atoms. The number of hydrogen-bond donors (Lipinski definition) is 1. The van der Waals surface area contributed by atoms with E-state index >= 15 is 0 Å². The average molecular weight is 360 g/mol. The van der Waals surface area contributed by atoms with Crippen LogP contribution < -0.4 is 14.8 Å². The van der Waals surface area contributed by atoms with E-state index in [1.54, 1.807) is 19.2 Å². The first kappa shape index (κ1) is 19.7. The van der Waals surface area contributed by atoms with Gasteiger partial charge in [-0.05, 0) is 37.7 Å². The molecule has 1 N–H and O–H groups in total. The average Bonchev–Trinajstić information content (AvgIpc) is 2.65. The van der Waals surface area contributed by atoms with Crippen LogP contribution in [0.25, 0.3) is 0 Å². The number of amides is 1. The number of para-hydroxylation sites is 1. The predicted octanol–water partition coefficient (Wildman–Crippen LogP) is 2.98. The van der Waals surface area contributed by atoms with Gasteiger partial charge in [-0.25, -0.2) is 4.39 Å². The molecule has 140 valence electrons. The quantitative estimate of drug-likeness (QED) is 0.786. The highest BCUT2D eigenvalue weighted by Gasteiger charge is 2.19. The molecule has 6 heteroatoms. The van der Waals surface area contributed by atoms with Crippen molar-refractivity contribution in [2.24, 2.45) is 0 Å². The van der Waals surface area contributed by atoms with E-state index in [-0.39, 0.29) is 17.7 Å². The Morgan fingerprint density at radius 3 is 2.50 bits per heavy atom. The molecule has 2 aromatic rings. The number of halogens is 1. The van der Waals surface area contributed by atoms with Crippen molar-refractivity contribution < 1.29 is 18.7 Å². The SMILES string of the molecule is COc1ccc(CN(C)C(C)C(=O)NCc2ccccc2OC)cc1F. The van der Waals surface area contributed by atoms with Gasteiger partial charge in [0.05, 0.1) is 20.3 Å². The second-order valence-corrected chi connectivity index (χ2v) is 6.09. The molecule has 0 aliphatic rings. The van der Waals surface area contributed by atoms with Crippen LogP contribution in [0.2, 0.25) is 0 Å². The minimum absolute atomic E-state index is 0.104. The Kier molecular flexibility index (Phi) is 6.97. The number of nitrogens with one attached hydrogen (secondary N) is 1. The predicted molar refractivity (Wildman–Crippen MR) is 98.7 cm³/mol. The van der Waals surface area contributed by atoms with Gasteiger partial charge in [0.15, 0.2) is 11.6 Å². The van der Waals surface area contributed by atoms with Crippen molar-refractivity contribution in [2.75, 3.05) is 21.3 Å². The molecule has 5 nitrogen and oxygen atoms in total. The fourth-order valence-electron chi connectivity index (χ4n) is 2.61. The number of rotatable bonds is 8. The normalized spacial score (nSPS) is 11.9. The summed E-state index contributed by atoms with van der Waals surface area (Å²) in [5, 5.41) is 2.92. The number of carbonyl (C=O) groups is 1. The number of hydrogen-bond acceptors (Lipinski definition) is 4. The molecule has 0 aliphatic heterocycles. The third-order valence-corrected chi connectivity index (χ3v) is 4.33. The largest absolute Gasteiger partial charge is 0.496 e. The van der Waals surface area contributed by atoms with Gasteiger partial charge in [0.2, 0.25) is 5.91 Å². The Labute approximate surface area is 153 Å². The molecule has 0 radical (unpaired) electrons. The summed E-state index contributed by atoms with van der Waals surface area (Å²) >= 11 is 0. The first-order valence-electron chi connectivity index (χ1n) is 8.38. The van der Waals surface area contributed by atoms with Crippen LogP contribution in [0.15, 0.2) is 42.5 Å². The van der Waals surface area contributed by atoms with Crippen LogP contribution in [0.5, 0.6) is 11.5 Å². The lowest BCUT2D eigenvalue weighted by atomic mass is 10.1. The summed E-state index contributed by atoms with van der Waals surface area (Å²) in [7, 11) is 4.86. The van der Waals surface area contributed by atoms with Crippen LogP contribution in [-0.2, 0) is 17.9 Å². The van der Waals surface area contributed by atoms with E-state index in [2.05, 4.69) is 5.32 Å². The molecule has 1 atom stereocenters. The summed E-state index contributed by atoms with van der Waals surface area (Å²) in [4.78, 5) is 14.3. The van der Waals surface area contributed by atoms with Crippen LogP contribution in [0.4, 0.5) is 4.39 Å². The molecule has 0 saturated heterocycles. The zero-order valence-corrected chi connectivity index (χ0v) is 15.6. The van der Waals surface area contributed by atoms with Gasteiger partial charge >= 0.3 is 0 Å². The summed E-state index contributed by atoms with van der Waals surface area (Å²) in [5.74, 6) is 0.431. The van der Waals surface area contributed by atoms with Gasteiger partial charge in [0.1, 0.15) is 5.75 Å². The fraction of sp³-hybridized carbons (Fsp3) is 0.350. The van der Waals surface area contributed by atoms with Crippen molar-refractivity contribution in [2.45, 2.75) is 26.1 Å². The molecule has 1 amide bonds. The molecular formula is C20H25FN2O3. The van der Waals surface area contributed by atoms with E-state index < -0.39 is 5.82 Å². The highest BCUT2D eigenvalue weighted by molar-refractivity contribution is 5.81. The maximum absolute atomic E-state index is 13.8. The molecule has 0 heterocycles. The van der Waals surface area contributed by atoms with Crippen LogP contribution in [0.3, 0.4) is 0 Å². The standard InChI is InChI=1S/C20H25FN2O3/c1-14(20(24)22-12-16-7-5-6-8-18(16)25-3)23(2)13-15-9-10-19(26-4)17(21)11-15/h5-11,14H,12-13H2,1-4H3,(H,22,24). The lowest BCUT2D eigenvalue weighted by Gasteiger charge is -2.24. The van der Waals surface area contributed by atoms with E-state index in [0.29, 0.717) is 13.1 Å². The lowest BCUT2D eigenvalue weighted by molar-refractivity contribution is -0.125. The van der Waals surface area contributed by atoms with E-state index in [9.17, 15) is 9.18 Å². The second-order valence-electron chi connectivity index (χ2n) is 6.09. The van der Waals surface area contributed by atoms with Crippen molar-refractivity contribution in [1.29, 1.82) is 0 Å². The molecule has 1 unspecified atom stereocenters. The van der Waals surface area contributed by atoms with E-state index in [1.165, 1.54) is 13.2 Å². The Morgan fingerprint density at radius 2 is 1.85 bits per heavy atom. The summed E-state index contributed by atoms with van der Waals surface area (Å²) in [5.41, 5.74) is 1.69. The molecular weight excluding hydrogens is 335 g/mol. The van der Waals surface area contributed by atoms with Gasteiger partial charge in [0, 0.05) is 18.7 Å². The number of ether oxygens (including phenoxy) is 2. The number of benzene rings is 2. The van der Waals surface area contributed by atoms with Crippen LogP contribution in [-0.4, -0.2) is 38.1 Å². The smallest absolute Gasteiger partial charge is 0.237 e. The maximum atomic E-state index is 13.8. The zero-order chi connectivity index (χ0) is 19.1. The molecule has 26 heavy (non-hydrogen) atoms. The Bertz CT molecular complexity index is 752. The van der Waals surface area contributed by atoms with Crippen LogP contribution in [0, 0.1) is 5.82 Å².